The van der Waals surface area contributed by atoms with Crippen LogP contribution in [0.15, 0.2) is 18.2 Å². The van der Waals surface area contributed by atoms with E-state index in [0.29, 0.717) is 24.0 Å². The Hall–Kier alpha value is -2.64. The zero-order valence-corrected chi connectivity index (χ0v) is 8.81. The van der Waals surface area contributed by atoms with Crippen molar-refractivity contribution in [2.75, 3.05) is 11.1 Å². The molecule has 3 rings (SSSR count). The highest BCUT2D eigenvalue weighted by Crippen LogP contribution is 2.17. The molecule has 3 aromatic rings. The average molecular weight is 230 g/mol. The number of imidazole rings is 1. The van der Waals surface area contributed by atoms with Gasteiger partial charge in [0.05, 0.1) is 17.6 Å². The number of benzene rings is 1. The molecule has 8 nitrogen and oxygen atoms in total. The number of nitrogens with one attached hydrogen (secondary N) is 3. The molecule has 0 saturated carbocycles. The summed E-state index contributed by atoms with van der Waals surface area (Å²) in [6.07, 6.45) is 0. The van der Waals surface area contributed by atoms with E-state index in [1.54, 1.807) is 0 Å². The monoisotopic (exact) mass is 230 g/mol. The predicted molar refractivity (Wildman–Crippen MR) is 62.0 cm³/mol. The Balaban J connectivity index is 1.81. The lowest BCUT2D eigenvalue weighted by atomic mass is 10.3. The maximum atomic E-state index is 5.68. The number of rotatable bonds is 3. The van der Waals surface area contributed by atoms with Gasteiger partial charge in [-0.3, -0.25) is 0 Å². The number of aromatic nitrogens is 6. The van der Waals surface area contributed by atoms with Gasteiger partial charge in [0.1, 0.15) is 0 Å². The first-order valence-corrected chi connectivity index (χ1v) is 5.03. The van der Waals surface area contributed by atoms with Gasteiger partial charge >= 0.3 is 0 Å². The van der Waals surface area contributed by atoms with Crippen molar-refractivity contribution in [2.24, 2.45) is 0 Å². The summed E-state index contributed by atoms with van der Waals surface area (Å²) in [5.41, 5.74) is 8.13. The minimum Gasteiger partial charge on any atom is -0.399 e. The quantitative estimate of drug-likeness (QED) is 0.479. The van der Waals surface area contributed by atoms with E-state index in [1.165, 1.54) is 0 Å². The second kappa shape index (κ2) is 3.74. The van der Waals surface area contributed by atoms with Gasteiger partial charge in [0.2, 0.25) is 5.95 Å². The summed E-state index contributed by atoms with van der Waals surface area (Å²) < 4.78 is 0. The van der Waals surface area contributed by atoms with Crippen molar-refractivity contribution in [1.82, 2.24) is 30.6 Å². The Morgan fingerprint density at radius 2 is 2.29 bits per heavy atom. The van der Waals surface area contributed by atoms with Gasteiger partial charge in [-0.1, -0.05) is 5.21 Å². The number of anilines is 2. The first-order chi connectivity index (χ1) is 8.31. The molecular weight excluding hydrogens is 220 g/mol. The van der Waals surface area contributed by atoms with Gasteiger partial charge in [0.15, 0.2) is 5.82 Å². The third-order valence-corrected chi connectivity index (χ3v) is 2.31. The van der Waals surface area contributed by atoms with Crippen LogP contribution < -0.4 is 11.1 Å². The van der Waals surface area contributed by atoms with E-state index in [1.807, 2.05) is 18.2 Å². The molecule has 0 radical (unpaired) electrons. The van der Waals surface area contributed by atoms with Gasteiger partial charge in [-0.25, -0.2) is 4.98 Å². The molecule has 0 spiro atoms. The smallest absolute Gasteiger partial charge is 0.201 e. The summed E-state index contributed by atoms with van der Waals surface area (Å²) in [5.74, 6) is 1.22. The number of fused-ring (bicyclic) bond motifs is 1. The molecular formula is C9H10N8. The Kier molecular flexibility index (Phi) is 2.11. The molecule has 0 fully saturated rings. The number of hydrogen-bond acceptors (Lipinski definition) is 6. The largest absolute Gasteiger partial charge is 0.399 e. The van der Waals surface area contributed by atoms with Crippen LogP contribution in [-0.4, -0.2) is 30.6 Å². The lowest BCUT2D eigenvalue weighted by Crippen LogP contribution is -2.02. The number of H-pyrrole nitrogens is 2. The third kappa shape index (κ3) is 1.87. The van der Waals surface area contributed by atoms with E-state index in [-0.39, 0.29) is 0 Å². The van der Waals surface area contributed by atoms with Crippen LogP contribution in [0.3, 0.4) is 0 Å². The van der Waals surface area contributed by atoms with Crippen LogP contribution in [0, 0.1) is 0 Å². The fourth-order valence-corrected chi connectivity index (χ4v) is 1.53. The molecule has 5 N–H and O–H groups in total. The Labute approximate surface area is 95.6 Å². The minimum atomic E-state index is 0.450. The highest BCUT2D eigenvalue weighted by molar-refractivity contribution is 5.80. The molecule has 0 aliphatic carbocycles. The maximum Gasteiger partial charge on any atom is 0.201 e. The molecule has 0 amide bonds. The molecule has 2 aromatic heterocycles. The van der Waals surface area contributed by atoms with Crippen molar-refractivity contribution in [1.29, 1.82) is 0 Å². The van der Waals surface area contributed by atoms with Crippen molar-refractivity contribution in [3.8, 4) is 0 Å². The molecule has 2 heterocycles. The molecule has 86 valence electrons. The number of nitrogens with two attached hydrogens (primary N) is 1. The van der Waals surface area contributed by atoms with E-state index < -0.39 is 0 Å². The van der Waals surface area contributed by atoms with Crippen molar-refractivity contribution in [3.63, 3.8) is 0 Å². The first-order valence-electron chi connectivity index (χ1n) is 5.03. The summed E-state index contributed by atoms with van der Waals surface area (Å²) in [5, 5.41) is 16.6. The van der Waals surface area contributed by atoms with Crippen molar-refractivity contribution in [2.45, 2.75) is 6.54 Å². The SMILES string of the molecule is Nc1ccc2nc(NCc3nn[nH]n3)[nH]c2c1. The second-order valence-corrected chi connectivity index (χ2v) is 3.54. The van der Waals surface area contributed by atoms with E-state index in [0.717, 1.165) is 11.0 Å². The molecule has 0 atom stereocenters. The normalized spacial score (nSPS) is 10.8. The van der Waals surface area contributed by atoms with Gasteiger partial charge in [0, 0.05) is 5.69 Å². The second-order valence-electron chi connectivity index (χ2n) is 3.54. The Bertz CT molecular complexity index is 626. The number of nitrogens with zero attached hydrogens (tertiary/aromatic N) is 4. The highest BCUT2D eigenvalue weighted by atomic mass is 15.5. The maximum absolute atomic E-state index is 5.68. The van der Waals surface area contributed by atoms with Gasteiger partial charge in [-0.15, -0.1) is 10.2 Å². The summed E-state index contributed by atoms with van der Waals surface area (Å²) in [6, 6.07) is 5.51. The lowest BCUT2D eigenvalue weighted by molar-refractivity contribution is 0.881. The zero-order chi connectivity index (χ0) is 11.7. The van der Waals surface area contributed by atoms with Gasteiger partial charge in [0.25, 0.3) is 0 Å². The van der Waals surface area contributed by atoms with Crippen LogP contribution in [-0.2, 0) is 6.54 Å². The Morgan fingerprint density at radius 1 is 1.35 bits per heavy atom. The fourth-order valence-electron chi connectivity index (χ4n) is 1.53. The number of hydrogen-bond donors (Lipinski definition) is 4. The van der Waals surface area contributed by atoms with Crippen molar-refractivity contribution >= 4 is 22.7 Å². The molecule has 0 unspecified atom stereocenters. The van der Waals surface area contributed by atoms with E-state index in [4.69, 9.17) is 5.73 Å². The molecule has 17 heavy (non-hydrogen) atoms. The van der Waals surface area contributed by atoms with Crippen LogP contribution >= 0.6 is 0 Å². The van der Waals surface area contributed by atoms with Crippen LogP contribution in [0.1, 0.15) is 5.82 Å². The molecule has 0 aliphatic rings. The van der Waals surface area contributed by atoms with Crippen LogP contribution in [0.5, 0.6) is 0 Å². The summed E-state index contributed by atoms with van der Waals surface area (Å²) in [4.78, 5) is 7.46. The molecule has 8 heteroatoms. The van der Waals surface area contributed by atoms with Gasteiger partial charge in [-0.2, -0.15) is 5.21 Å². The van der Waals surface area contributed by atoms with E-state index in [2.05, 4.69) is 35.9 Å². The molecule has 0 aliphatic heterocycles. The number of tetrazole rings is 1. The number of aromatic amines is 2. The van der Waals surface area contributed by atoms with Crippen molar-refractivity contribution in [3.05, 3.63) is 24.0 Å². The summed E-state index contributed by atoms with van der Waals surface area (Å²) in [6.45, 7) is 0.450. The molecule has 1 aromatic carbocycles. The zero-order valence-electron chi connectivity index (χ0n) is 8.81. The summed E-state index contributed by atoms with van der Waals surface area (Å²) in [7, 11) is 0. The van der Waals surface area contributed by atoms with Gasteiger partial charge < -0.3 is 16.0 Å². The van der Waals surface area contributed by atoms with Gasteiger partial charge in [-0.05, 0) is 18.2 Å². The van der Waals surface area contributed by atoms with Crippen LogP contribution in [0.4, 0.5) is 11.6 Å². The standard InChI is InChI=1S/C9H10N8/c10-5-1-2-6-7(3-5)13-9(12-6)11-4-8-14-16-17-15-8/h1-3H,4,10H2,(H2,11,12,13)(H,14,15,16,17). The number of nitrogen functional groups attached to an aromatic ring is 1. The van der Waals surface area contributed by atoms with Crippen LogP contribution in [0.2, 0.25) is 0 Å². The predicted octanol–water partition coefficient (Wildman–Crippen LogP) is 0.270. The molecule has 0 saturated heterocycles. The average Bonchev–Trinajstić information content (AvgIpc) is 2.94. The van der Waals surface area contributed by atoms with E-state index in [9.17, 15) is 0 Å². The van der Waals surface area contributed by atoms with Crippen LogP contribution in [0.25, 0.3) is 11.0 Å². The minimum absolute atomic E-state index is 0.450. The first kappa shape index (κ1) is 9.58. The molecule has 0 bridgehead atoms. The summed E-state index contributed by atoms with van der Waals surface area (Å²) >= 11 is 0. The van der Waals surface area contributed by atoms with Crippen molar-refractivity contribution < 1.29 is 0 Å². The Morgan fingerprint density at radius 3 is 3.12 bits per heavy atom. The third-order valence-electron chi connectivity index (χ3n) is 2.31. The van der Waals surface area contributed by atoms with E-state index >= 15 is 0 Å². The topological polar surface area (TPSA) is 121 Å². The highest BCUT2D eigenvalue weighted by Gasteiger charge is 2.03. The lowest BCUT2D eigenvalue weighted by Gasteiger charge is -1.96. The fraction of sp³-hybridized carbons (Fsp3) is 0.111.